The number of methoxy groups -OCH3 is 2. The molecule has 0 heterocycles. The lowest BCUT2D eigenvalue weighted by Gasteiger charge is -2.11. The van der Waals surface area contributed by atoms with E-state index in [0.717, 1.165) is 11.8 Å². The summed E-state index contributed by atoms with van der Waals surface area (Å²) in [6.07, 6.45) is 0.633. The number of rotatable bonds is 7. The Kier molecular flexibility index (Phi) is 5.85. The highest BCUT2D eigenvalue weighted by Gasteiger charge is 2.11. The molecule has 0 aliphatic heterocycles. The minimum absolute atomic E-state index is 0.108. The van der Waals surface area contributed by atoms with Crippen LogP contribution in [0.1, 0.15) is 18.9 Å². The van der Waals surface area contributed by atoms with E-state index in [0.29, 0.717) is 11.5 Å². The third-order valence-corrected chi connectivity index (χ3v) is 2.52. The zero-order chi connectivity index (χ0) is 14.3. The number of esters is 1. The molecule has 1 aromatic carbocycles. The normalized spacial score (nSPS) is 11.5. The first-order valence-corrected chi connectivity index (χ1v) is 5.94. The van der Waals surface area contributed by atoms with Crippen molar-refractivity contribution in [2.75, 3.05) is 14.2 Å². The van der Waals surface area contributed by atoms with E-state index < -0.39 is 6.10 Å². The molecule has 0 aliphatic rings. The Morgan fingerprint density at radius 1 is 1.21 bits per heavy atom. The molecule has 0 saturated heterocycles. The van der Waals surface area contributed by atoms with E-state index in [1.165, 1.54) is 0 Å². The molecule has 0 aliphatic carbocycles. The minimum Gasteiger partial charge on any atom is -0.497 e. The van der Waals surface area contributed by atoms with Gasteiger partial charge in [0, 0.05) is 12.5 Å². The van der Waals surface area contributed by atoms with Gasteiger partial charge in [-0.05, 0) is 24.6 Å². The molecular formula is C14H18O5. The number of hydrogen-bond donors (Lipinski definition) is 0. The Morgan fingerprint density at radius 3 is 2.26 bits per heavy atom. The van der Waals surface area contributed by atoms with Crippen molar-refractivity contribution < 1.29 is 23.8 Å². The average molecular weight is 266 g/mol. The van der Waals surface area contributed by atoms with Crippen molar-refractivity contribution in [3.8, 4) is 11.5 Å². The molecule has 5 nitrogen and oxygen atoms in total. The van der Waals surface area contributed by atoms with Crippen LogP contribution in [0, 0.1) is 0 Å². The first kappa shape index (κ1) is 15.0. The van der Waals surface area contributed by atoms with Crippen molar-refractivity contribution in [1.29, 1.82) is 0 Å². The molecule has 0 radical (unpaired) electrons. The highest BCUT2D eigenvalue weighted by atomic mass is 16.5. The van der Waals surface area contributed by atoms with Crippen molar-refractivity contribution in [3.63, 3.8) is 0 Å². The third-order valence-electron chi connectivity index (χ3n) is 2.52. The molecule has 0 aromatic heterocycles. The molecular weight excluding hydrogens is 248 g/mol. The smallest absolute Gasteiger partial charge is 0.310 e. The molecule has 0 bridgehead atoms. The minimum atomic E-state index is -0.405. The number of ether oxygens (including phenoxy) is 3. The van der Waals surface area contributed by atoms with Crippen LogP contribution in [0.3, 0.4) is 0 Å². The fourth-order valence-corrected chi connectivity index (χ4v) is 1.58. The molecule has 0 unspecified atom stereocenters. The molecule has 1 atom stereocenters. The Bertz CT molecular complexity index is 419. The fourth-order valence-electron chi connectivity index (χ4n) is 1.58. The summed E-state index contributed by atoms with van der Waals surface area (Å²) in [6, 6.07) is 5.21. The van der Waals surface area contributed by atoms with Crippen molar-refractivity contribution in [2.45, 2.75) is 25.9 Å². The standard InChI is InChI=1S/C14H18O5/c1-10(4-5-15)19-14(16)8-11-6-12(17-2)9-13(7-11)18-3/h5-7,9-10H,4,8H2,1-3H3/t10-/m1/s1. The SMILES string of the molecule is COc1cc(CC(=O)O[C@H](C)CC=O)cc(OC)c1. The summed E-state index contributed by atoms with van der Waals surface area (Å²) in [7, 11) is 3.09. The van der Waals surface area contributed by atoms with Gasteiger partial charge in [-0.1, -0.05) is 0 Å². The summed E-state index contributed by atoms with van der Waals surface area (Å²) < 4.78 is 15.3. The van der Waals surface area contributed by atoms with Crippen LogP contribution in [-0.2, 0) is 20.7 Å². The molecule has 1 aromatic rings. The Hall–Kier alpha value is -2.04. The largest absolute Gasteiger partial charge is 0.497 e. The van der Waals surface area contributed by atoms with Crippen LogP contribution < -0.4 is 9.47 Å². The van der Waals surface area contributed by atoms with Gasteiger partial charge in [-0.15, -0.1) is 0 Å². The van der Waals surface area contributed by atoms with E-state index in [1.54, 1.807) is 39.3 Å². The summed E-state index contributed by atoms with van der Waals surface area (Å²) in [5.41, 5.74) is 0.736. The van der Waals surface area contributed by atoms with Crippen LogP contribution >= 0.6 is 0 Å². The highest BCUT2D eigenvalue weighted by Crippen LogP contribution is 2.23. The second-order valence-electron chi connectivity index (χ2n) is 4.10. The zero-order valence-electron chi connectivity index (χ0n) is 11.3. The van der Waals surface area contributed by atoms with Gasteiger partial charge in [-0.2, -0.15) is 0 Å². The lowest BCUT2D eigenvalue weighted by molar-refractivity contribution is -0.147. The number of carbonyl (C=O) groups is 2. The first-order chi connectivity index (χ1) is 9.08. The lowest BCUT2D eigenvalue weighted by atomic mass is 10.1. The quantitative estimate of drug-likeness (QED) is 0.556. The lowest BCUT2D eigenvalue weighted by Crippen LogP contribution is -2.17. The van der Waals surface area contributed by atoms with Gasteiger partial charge in [-0.25, -0.2) is 0 Å². The van der Waals surface area contributed by atoms with Crippen LogP contribution in [0.15, 0.2) is 18.2 Å². The number of carbonyl (C=O) groups excluding carboxylic acids is 2. The average Bonchev–Trinajstić information content (AvgIpc) is 2.38. The Balaban J connectivity index is 2.70. The van der Waals surface area contributed by atoms with E-state index in [4.69, 9.17) is 14.2 Å². The molecule has 0 amide bonds. The second-order valence-corrected chi connectivity index (χ2v) is 4.10. The summed E-state index contributed by atoms with van der Waals surface area (Å²) in [6.45, 7) is 1.68. The molecule has 104 valence electrons. The first-order valence-electron chi connectivity index (χ1n) is 5.94. The van der Waals surface area contributed by atoms with Gasteiger partial charge in [0.05, 0.1) is 20.6 Å². The van der Waals surface area contributed by atoms with Gasteiger partial charge in [-0.3, -0.25) is 4.79 Å². The van der Waals surface area contributed by atoms with E-state index in [1.807, 2.05) is 0 Å². The number of hydrogen-bond acceptors (Lipinski definition) is 5. The molecule has 19 heavy (non-hydrogen) atoms. The maximum Gasteiger partial charge on any atom is 0.310 e. The number of aldehydes is 1. The van der Waals surface area contributed by atoms with Crippen molar-refractivity contribution in [1.82, 2.24) is 0 Å². The zero-order valence-corrected chi connectivity index (χ0v) is 11.3. The van der Waals surface area contributed by atoms with Gasteiger partial charge >= 0.3 is 5.97 Å². The van der Waals surface area contributed by atoms with Crippen LogP contribution in [0.25, 0.3) is 0 Å². The fraction of sp³-hybridized carbons (Fsp3) is 0.429. The maximum atomic E-state index is 11.7. The van der Waals surface area contributed by atoms with Gasteiger partial charge in [0.2, 0.25) is 0 Å². The molecule has 0 N–H and O–H groups in total. The van der Waals surface area contributed by atoms with Crippen LogP contribution in [0.4, 0.5) is 0 Å². The third kappa shape index (κ3) is 4.99. The predicted molar refractivity (Wildman–Crippen MR) is 69.5 cm³/mol. The molecule has 0 spiro atoms. The summed E-state index contributed by atoms with van der Waals surface area (Å²) in [5.74, 6) is 0.843. The van der Waals surface area contributed by atoms with Crippen molar-refractivity contribution >= 4 is 12.3 Å². The Labute approximate surface area is 112 Å². The monoisotopic (exact) mass is 266 g/mol. The topological polar surface area (TPSA) is 61.8 Å². The molecule has 5 heteroatoms. The summed E-state index contributed by atoms with van der Waals surface area (Å²) in [5, 5.41) is 0. The molecule has 0 fully saturated rings. The second kappa shape index (κ2) is 7.41. The van der Waals surface area contributed by atoms with E-state index in [9.17, 15) is 9.59 Å². The maximum absolute atomic E-state index is 11.7. The summed E-state index contributed by atoms with van der Waals surface area (Å²) >= 11 is 0. The van der Waals surface area contributed by atoms with Gasteiger partial charge < -0.3 is 19.0 Å². The molecule has 0 saturated carbocycles. The predicted octanol–water partition coefficient (Wildman–Crippen LogP) is 1.77. The van der Waals surface area contributed by atoms with Gasteiger partial charge in [0.15, 0.2) is 0 Å². The number of benzene rings is 1. The highest BCUT2D eigenvalue weighted by molar-refractivity contribution is 5.73. The van der Waals surface area contributed by atoms with E-state index >= 15 is 0 Å². The van der Waals surface area contributed by atoms with Crippen molar-refractivity contribution in [3.05, 3.63) is 23.8 Å². The van der Waals surface area contributed by atoms with Gasteiger partial charge in [0.25, 0.3) is 0 Å². The van der Waals surface area contributed by atoms with Gasteiger partial charge in [0.1, 0.15) is 23.9 Å². The molecule has 1 rings (SSSR count). The van der Waals surface area contributed by atoms with E-state index in [-0.39, 0.29) is 18.8 Å². The Morgan fingerprint density at radius 2 is 1.79 bits per heavy atom. The summed E-state index contributed by atoms with van der Waals surface area (Å²) in [4.78, 5) is 22.0. The van der Waals surface area contributed by atoms with Crippen LogP contribution in [-0.4, -0.2) is 32.6 Å². The van der Waals surface area contributed by atoms with Crippen LogP contribution in [0.2, 0.25) is 0 Å². The van der Waals surface area contributed by atoms with Crippen molar-refractivity contribution in [2.24, 2.45) is 0 Å². The van der Waals surface area contributed by atoms with E-state index in [2.05, 4.69) is 0 Å². The van der Waals surface area contributed by atoms with Crippen LogP contribution in [0.5, 0.6) is 11.5 Å².